The van der Waals surface area contributed by atoms with Crippen LogP contribution in [-0.2, 0) is 0 Å². The first-order valence-corrected chi connectivity index (χ1v) is 18.0. The lowest BCUT2D eigenvalue weighted by atomic mass is 9.94. The number of benzene rings is 6. The predicted molar refractivity (Wildman–Crippen MR) is 218 cm³/mol. The minimum absolute atomic E-state index is 0.670. The molecule has 53 heavy (non-hydrogen) atoms. The van der Waals surface area contributed by atoms with E-state index in [0.717, 1.165) is 46.5 Å². The first-order chi connectivity index (χ1) is 26.3. The van der Waals surface area contributed by atoms with E-state index in [9.17, 15) is 0 Å². The fourth-order valence-corrected chi connectivity index (χ4v) is 7.53. The van der Waals surface area contributed by atoms with Gasteiger partial charge in [-0.1, -0.05) is 145 Å². The van der Waals surface area contributed by atoms with Crippen molar-refractivity contribution in [1.82, 2.24) is 19.5 Å². The molecule has 0 spiro atoms. The molecule has 0 atom stereocenters. The number of hydrogen-bond acceptors (Lipinski definition) is 3. The zero-order valence-corrected chi connectivity index (χ0v) is 28.9. The molecule has 248 valence electrons. The fourth-order valence-electron chi connectivity index (χ4n) is 7.53. The Morgan fingerprint density at radius 1 is 0.509 bits per heavy atom. The summed E-state index contributed by atoms with van der Waals surface area (Å²) in [6, 6.07) is 49.4. The average Bonchev–Trinajstić information content (AvgIpc) is 3.58. The second kappa shape index (κ2) is 12.9. The SMILES string of the molecule is C1=C=Cc2c(c3ccccc3n2-c2ccc(-c3ccc4c(-c5ccc(-c6nc(C7=CCCC=C7)nc(-c7ccccc7)n6)cc5)cccc4c3)cc2)C=1. The summed E-state index contributed by atoms with van der Waals surface area (Å²) in [4.78, 5) is 14.7. The van der Waals surface area contributed by atoms with Gasteiger partial charge in [-0.15, -0.1) is 0 Å². The largest absolute Gasteiger partial charge is 0.309 e. The molecule has 0 saturated heterocycles. The molecule has 8 aromatic rings. The third-order valence-electron chi connectivity index (χ3n) is 10.2. The lowest BCUT2D eigenvalue weighted by molar-refractivity contribution is 1.01. The van der Waals surface area contributed by atoms with Gasteiger partial charge in [0.1, 0.15) is 0 Å². The van der Waals surface area contributed by atoms with Crippen LogP contribution in [0.4, 0.5) is 0 Å². The summed E-state index contributed by atoms with van der Waals surface area (Å²) in [5.41, 5.74) is 18.6. The van der Waals surface area contributed by atoms with E-state index in [1.54, 1.807) is 0 Å². The van der Waals surface area contributed by atoms with Crippen LogP contribution >= 0.6 is 0 Å². The Labute approximate surface area is 307 Å². The highest BCUT2D eigenvalue weighted by Crippen LogP contribution is 2.36. The fraction of sp³-hybridized carbons (Fsp3) is 0.0408. The van der Waals surface area contributed by atoms with Crippen LogP contribution in [-0.4, -0.2) is 19.5 Å². The third-order valence-corrected chi connectivity index (χ3v) is 10.2. The molecule has 0 aliphatic heterocycles. The van der Waals surface area contributed by atoms with Gasteiger partial charge in [0.25, 0.3) is 0 Å². The van der Waals surface area contributed by atoms with Crippen molar-refractivity contribution in [2.75, 3.05) is 0 Å². The van der Waals surface area contributed by atoms with Crippen LogP contribution in [0.3, 0.4) is 0 Å². The summed E-state index contributed by atoms with van der Waals surface area (Å²) < 4.78 is 2.31. The molecule has 0 radical (unpaired) electrons. The van der Waals surface area contributed by atoms with E-state index in [2.05, 4.69) is 143 Å². The second-order valence-corrected chi connectivity index (χ2v) is 13.4. The molecule has 0 N–H and O–H groups in total. The minimum atomic E-state index is 0.670. The third kappa shape index (κ3) is 5.56. The van der Waals surface area contributed by atoms with Crippen LogP contribution in [0.25, 0.3) is 90.1 Å². The van der Waals surface area contributed by atoms with Crippen LogP contribution in [0.1, 0.15) is 29.9 Å². The van der Waals surface area contributed by atoms with Gasteiger partial charge in [-0.3, -0.25) is 0 Å². The molecular weight excluding hydrogens is 645 g/mol. The lowest BCUT2D eigenvalue weighted by Crippen LogP contribution is -2.03. The Morgan fingerprint density at radius 2 is 1.21 bits per heavy atom. The van der Waals surface area contributed by atoms with E-state index in [-0.39, 0.29) is 0 Å². The number of fused-ring (bicyclic) bond motifs is 4. The first kappa shape index (κ1) is 30.7. The van der Waals surface area contributed by atoms with Gasteiger partial charge in [-0.25, -0.2) is 15.0 Å². The average molecular weight is 677 g/mol. The quantitative estimate of drug-likeness (QED) is 0.165. The highest BCUT2D eigenvalue weighted by atomic mass is 15.0. The van der Waals surface area contributed by atoms with Crippen molar-refractivity contribution in [2.45, 2.75) is 12.8 Å². The Kier molecular flexibility index (Phi) is 7.48. The van der Waals surface area contributed by atoms with E-state index < -0.39 is 0 Å². The normalized spacial score (nSPS) is 13.1. The lowest BCUT2D eigenvalue weighted by Gasteiger charge is -2.12. The van der Waals surface area contributed by atoms with Crippen LogP contribution in [0, 0.1) is 0 Å². The van der Waals surface area contributed by atoms with Crippen molar-refractivity contribution in [3.8, 4) is 50.7 Å². The van der Waals surface area contributed by atoms with Gasteiger partial charge in [0.15, 0.2) is 17.5 Å². The molecular formula is C49H32N4. The van der Waals surface area contributed by atoms with Gasteiger partial charge in [0, 0.05) is 39.4 Å². The number of allylic oxidation sites excluding steroid dienone is 4. The maximum Gasteiger partial charge on any atom is 0.164 e. The predicted octanol–water partition coefficient (Wildman–Crippen LogP) is 12.2. The van der Waals surface area contributed by atoms with Crippen molar-refractivity contribution in [2.24, 2.45) is 0 Å². The molecule has 2 aliphatic rings. The Balaban J connectivity index is 0.964. The Hall–Kier alpha value is -7.09. The van der Waals surface area contributed by atoms with Crippen LogP contribution in [0.5, 0.6) is 0 Å². The van der Waals surface area contributed by atoms with Crippen molar-refractivity contribution in [3.05, 3.63) is 186 Å². The molecule has 0 unspecified atom stereocenters. The molecule has 2 heterocycles. The van der Waals surface area contributed by atoms with E-state index in [1.165, 1.54) is 43.9 Å². The van der Waals surface area contributed by atoms with Crippen LogP contribution < -0.4 is 0 Å². The molecule has 6 aromatic carbocycles. The number of para-hydroxylation sites is 1. The summed E-state index contributed by atoms with van der Waals surface area (Å²) in [7, 11) is 0. The Bertz CT molecular complexity index is 2880. The molecule has 4 heteroatoms. The molecule has 2 aromatic heterocycles. The molecule has 0 saturated carbocycles. The maximum absolute atomic E-state index is 4.94. The minimum Gasteiger partial charge on any atom is -0.309 e. The van der Waals surface area contributed by atoms with Crippen LogP contribution in [0.15, 0.2) is 169 Å². The smallest absolute Gasteiger partial charge is 0.164 e. The summed E-state index contributed by atoms with van der Waals surface area (Å²) >= 11 is 0. The van der Waals surface area contributed by atoms with Gasteiger partial charge >= 0.3 is 0 Å². The summed E-state index contributed by atoms with van der Waals surface area (Å²) in [5, 5.41) is 3.63. The van der Waals surface area contributed by atoms with Crippen molar-refractivity contribution in [1.29, 1.82) is 0 Å². The number of rotatable bonds is 6. The zero-order valence-electron chi connectivity index (χ0n) is 28.9. The number of hydrogen-bond donors (Lipinski definition) is 0. The van der Waals surface area contributed by atoms with Crippen LogP contribution in [0.2, 0.25) is 0 Å². The zero-order chi connectivity index (χ0) is 35.1. The standard InChI is InChI=1S/C49H32N4/c1-3-12-35(13-4-1)47-50-48(36-14-5-2-6-15-36)52-49(51-47)37-24-22-34(23-25-37)41-19-11-16-39-32-38(28-31-42(39)41)33-26-29-40(30-27-33)53-45-20-9-7-17-43(45)44-18-8-10-21-46(44)53/h1,3-5,7,9,11-32H,2,6H2. The van der Waals surface area contributed by atoms with Gasteiger partial charge < -0.3 is 4.57 Å². The molecule has 2 aliphatic carbocycles. The summed E-state index contributed by atoms with van der Waals surface area (Å²) in [6.45, 7) is 0. The number of aromatic nitrogens is 4. The van der Waals surface area contributed by atoms with E-state index in [4.69, 9.17) is 15.0 Å². The summed E-state index contributed by atoms with van der Waals surface area (Å²) in [6.07, 6.45) is 12.6. The molecule has 10 rings (SSSR count). The van der Waals surface area contributed by atoms with Crippen molar-refractivity contribution in [3.63, 3.8) is 0 Å². The second-order valence-electron chi connectivity index (χ2n) is 13.4. The molecule has 0 amide bonds. The van der Waals surface area contributed by atoms with E-state index in [0.29, 0.717) is 17.5 Å². The highest BCUT2D eigenvalue weighted by molar-refractivity contribution is 5.99. The Morgan fingerprint density at radius 3 is 2.02 bits per heavy atom. The molecule has 0 fully saturated rings. The van der Waals surface area contributed by atoms with Gasteiger partial charge in [-0.2, -0.15) is 0 Å². The summed E-state index contributed by atoms with van der Waals surface area (Å²) in [5.74, 6) is 2.06. The molecule has 0 bridgehead atoms. The number of nitrogens with zero attached hydrogens (tertiary/aromatic N) is 4. The topological polar surface area (TPSA) is 43.6 Å². The van der Waals surface area contributed by atoms with Gasteiger partial charge in [0.05, 0.1) is 11.2 Å². The van der Waals surface area contributed by atoms with Gasteiger partial charge in [0.2, 0.25) is 0 Å². The van der Waals surface area contributed by atoms with E-state index in [1.807, 2.05) is 42.5 Å². The molecule has 4 nitrogen and oxygen atoms in total. The van der Waals surface area contributed by atoms with E-state index >= 15 is 0 Å². The highest BCUT2D eigenvalue weighted by Gasteiger charge is 2.17. The monoisotopic (exact) mass is 676 g/mol. The van der Waals surface area contributed by atoms with Crippen molar-refractivity contribution >= 4 is 39.4 Å². The van der Waals surface area contributed by atoms with Crippen molar-refractivity contribution < 1.29 is 0 Å². The maximum atomic E-state index is 4.94. The first-order valence-electron chi connectivity index (χ1n) is 18.0. The van der Waals surface area contributed by atoms with Gasteiger partial charge in [-0.05, 0) is 76.2 Å².